The topological polar surface area (TPSA) is 80.4 Å². The first-order valence-corrected chi connectivity index (χ1v) is 7.82. The van der Waals surface area contributed by atoms with Crippen molar-refractivity contribution in [3.63, 3.8) is 0 Å². The molecule has 0 spiro atoms. The molecule has 0 bridgehead atoms. The van der Waals surface area contributed by atoms with Gasteiger partial charge in [-0.2, -0.15) is 8.42 Å². The van der Waals surface area contributed by atoms with Crippen molar-refractivity contribution in [2.75, 3.05) is 12.3 Å². The van der Waals surface area contributed by atoms with Gasteiger partial charge < -0.3 is 5.73 Å². The van der Waals surface area contributed by atoms with Gasteiger partial charge in [-0.1, -0.05) is 44.9 Å². The summed E-state index contributed by atoms with van der Waals surface area (Å²) in [6.45, 7) is 0.787. The Labute approximate surface area is 99.4 Å². The van der Waals surface area contributed by atoms with Crippen LogP contribution in [0.2, 0.25) is 0 Å². The van der Waals surface area contributed by atoms with Gasteiger partial charge in [0.15, 0.2) is 0 Å². The monoisotopic (exact) mass is 251 g/mol. The Morgan fingerprint density at radius 2 is 1.12 bits per heavy atom. The lowest BCUT2D eigenvalue weighted by atomic mass is 10.1. The maximum Gasteiger partial charge on any atom is 0.264 e. The summed E-state index contributed by atoms with van der Waals surface area (Å²) < 4.78 is 29.3. The number of nitrogens with two attached hydrogens (primary N) is 1. The van der Waals surface area contributed by atoms with E-state index in [1.807, 2.05) is 0 Å². The SMILES string of the molecule is NCCCCCCCCCCCS(=O)(=O)O. The van der Waals surface area contributed by atoms with Crippen LogP contribution < -0.4 is 5.73 Å². The molecule has 0 heterocycles. The second-order valence-electron chi connectivity index (χ2n) is 4.26. The van der Waals surface area contributed by atoms with Crippen LogP contribution in [0.3, 0.4) is 0 Å². The first kappa shape index (κ1) is 15.9. The van der Waals surface area contributed by atoms with E-state index in [1.54, 1.807) is 0 Å². The Morgan fingerprint density at radius 1 is 0.750 bits per heavy atom. The Kier molecular flexibility index (Phi) is 9.97. The van der Waals surface area contributed by atoms with E-state index in [4.69, 9.17) is 10.3 Å². The molecule has 0 fully saturated rings. The van der Waals surface area contributed by atoms with Gasteiger partial charge in [-0.15, -0.1) is 0 Å². The van der Waals surface area contributed by atoms with Gasteiger partial charge in [-0.05, 0) is 19.4 Å². The first-order chi connectivity index (χ1) is 7.56. The summed E-state index contributed by atoms with van der Waals surface area (Å²) in [5.41, 5.74) is 5.39. The molecule has 4 nitrogen and oxygen atoms in total. The number of hydrogen-bond donors (Lipinski definition) is 2. The van der Waals surface area contributed by atoms with Crippen LogP contribution in [0.15, 0.2) is 0 Å². The third-order valence-electron chi connectivity index (χ3n) is 2.61. The minimum Gasteiger partial charge on any atom is -0.330 e. The summed E-state index contributed by atoms with van der Waals surface area (Å²) in [6.07, 6.45) is 9.75. The summed E-state index contributed by atoms with van der Waals surface area (Å²) in [7, 11) is -3.74. The molecule has 0 saturated heterocycles. The van der Waals surface area contributed by atoms with E-state index in [1.165, 1.54) is 25.7 Å². The molecule has 0 rings (SSSR count). The third kappa shape index (κ3) is 13.9. The molecule has 0 radical (unpaired) electrons. The summed E-state index contributed by atoms with van der Waals surface area (Å²) >= 11 is 0. The minimum atomic E-state index is -3.74. The highest BCUT2D eigenvalue weighted by molar-refractivity contribution is 7.85. The summed E-state index contributed by atoms with van der Waals surface area (Å²) in [5.74, 6) is -0.0938. The van der Waals surface area contributed by atoms with E-state index >= 15 is 0 Å². The van der Waals surface area contributed by atoms with Gasteiger partial charge in [0.2, 0.25) is 0 Å². The van der Waals surface area contributed by atoms with Crippen molar-refractivity contribution >= 4 is 10.1 Å². The van der Waals surface area contributed by atoms with Crippen LogP contribution >= 0.6 is 0 Å². The lowest BCUT2D eigenvalue weighted by Gasteiger charge is -2.01. The number of unbranched alkanes of at least 4 members (excludes halogenated alkanes) is 8. The van der Waals surface area contributed by atoms with Crippen LogP contribution in [-0.2, 0) is 10.1 Å². The van der Waals surface area contributed by atoms with Crippen LogP contribution in [0.1, 0.15) is 57.8 Å². The molecule has 3 N–H and O–H groups in total. The van der Waals surface area contributed by atoms with Crippen LogP contribution in [0.4, 0.5) is 0 Å². The molecule has 0 aliphatic rings. The second kappa shape index (κ2) is 10.1. The lowest BCUT2D eigenvalue weighted by molar-refractivity contribution is 0.478. The number of rotatable bonds is 11. The molecule has 0 aliphatic carbocycles. The van der Waals surface area contributed by atoms with Crippen molar-refractivity contribution in [1.82, 2.24) is 0 Å². The van der Waals surface area contributed by atoms with Gasteiger partial charge in [0.05, 0.1) is 5.75 Å². The van der Waals surface area contributed by atoms with E-state index < -0.39 is 10.1 Å². The van der Waals surface area contributed by atoms with Crippen LogP contribution in [0.25, 0.3) is 0 Å². The molecule has 5 heteroatoms. The fourth-order valence-electron chi connectivity index (χ4n) is 1.67. The fraction of sp³-hybridized carbons (Fsp3) is 1.00. The quantitative estimate of drug-likeness (QED) is 0.436. The van der Waals surface area contributed by atoms with Crippen LogP contribution in [0, 0.1) is 0 Å². The standard InChI is InChI=1S/C11H25NO3S/c12-10-8-6-4-2-1-3-5-7-9-11-16(13,14)15/h1-12H2,(H,13,14,15). The highest BCUT2D eigenvalue weighted by Crippen LogP contribution is 2.09. The molecule has 0 aromatic heterocycles. The Bertz CT molecular complexity index is 240. The molecule has 0 aromatic carbocycles. The molecular weight excluding hydrogens is 226 g/mol. The van der Waals surface area contributed by atoms with Crippen molar-refractivity contribution < 1.29 is 13.0 Å². The Balaban J connectivity index is 3.05. The fourth-order valence-corrected chi connectivity index (χ4v) is 2.24. The zero-order valence-corrected chi connectivity index (χ0v) is 10.8. The molecule has 0 aromatic rings. The zero-order valence-electron chi connectivity index (χ0n) is 10.0. The van der Waals surface area contributed by atoms with Crippen molar-refractivity contribution in [2.45, 2.75) is 57.8 Å². The minimum absolute atomic E-state index is 0.0938. The molecular formula is C11H25NO3S. The largest absolute Gasteiger partial charge is 0.330 e. The predicted molar refractivity (Wildman–Crippen MR) is 67.0 cm³/mol. The van der Waals surface area contributed by atoms with E-state index in [-0.39, 0.29) is 5.75 Å². The number of hydrogen-bond acceptors (Lipinski definition) is 3. The molecule has 0 aliphatic heterocycles. The summed E-state index contributed by atoms with van der Waals surface area (Å²) in [5, 5.41) is 0. The molecule has 98 valence electrons. The maximum absolute atomic E-state index is 10.4. The Morgan fingerprint density at radius 3 is 1.50 bits per heavy atom. The zero-order chi connectivity index (χ0) is 12.3. The highest BCUT2D eigenvalue weighted by Gasteiger charge is 2.02. The first-order valence-electron chi connectivity index (χ1n) is 6.21. The van der Waals surface area contributed by atoms with Gasteiger partial charge in [-0.3, -0.25) is 4.55 Å². The summed E-state index contributed by atoms with van der Waals surface area (Å²) in [4.78, 5) is 0. The van der Waals surface area contributed by atoms with Gasteiger partial charge >= 0.3 is 0 Å². The average Bonchev–Trinajstić information content (AvgIpc) is 2.19. The van der Waals surface area contributed by atoms with Crippen LogP contribution in [0.5, 0.6) is 0 Å². The van der Waals surface area contributed by atoms with E-state index in [0.717, 1.165) is 32.2 Å². The van der Waals surface area contributed by atoms with Crippen molar-refractivity contribution in [2.24, 2.45) is 5.73 Å². The predicted octanol–water partition coefficient (Wildman–Crippen LogP) is 2.34. The molecule has 16 heavy (non-hydrogen) atoms. The van der Waals surface area contributed by atoms with Gasteiger partial charge in [-0.25, -0.2) is 0 Å². The van der Waals surface area contributed by atoms with E-state index in [9.17, 15) is 8.42 Å². The van der Waals surface area contributed by atoms with Crippen LogP contribution in [-0.4, -0.2) is 25.3 Å². The molecule has 0 amide bonds. The van der Waals surface area contributed by atoms with Crippen molar-refractivity contribution in [3.05, 3.63) is 0 Å². The Hall–Kier alpha value is -0.130. The smallest absolute Gasteiger partial charge is 0.264 e. The van der Waals surface area contributed by atoms with Crippen molar-refractivity contribution in [3.8, 4) is 0 Å². The second-order valence-corrected chi connectivity index (χ2v) is 5.83. The van der Waals surface area contributed by atoms with Gasteiger partial charge in [0.1, 0.15) is 0 Å². The van der Waals surface area contributed by atoms with E-state index in [0.29, 0.717) is 6.42 Å². The van der Waals surface area contributed by atoms with Gasteiger partial charge in [0.25, 0.3) is 10.1 Å². The van der Waals surface area contributed by atoms with Crippen molar-refractivity contribution in [1.29, 1.82) is 0 Å². The normalized spacial score (nSPS) is 11.9. The maximum atomic E-state index is 10.4. The molecule has 0 unspecified atom stereocenters. The lowest BCUT2D eigenvalue weighted by Crippen LogP contribution is -2.03. The summed E-state index contributed by atoms with van der Waals surface area (Å²) in [6, 6.07) is 0. The average molecular weight is 251 g/mol. The molecule has 0 saturated carbocycles. The van der Waals surface area contributed by atoms with Gasteiger partial charge in [0, 0.05) is 0 Å². The third-order valence-corrected chi connectivity index (χ3v) is 3.41. The highest BCUT2D eigenvalue weighted by atomic mass is 32.2. The molecule has 0 atom stereocenters. The van der Waals surface area contributed by atoms with E-state index in [2.05, 4.69) is 0 Å².